The predicted octanol–water partition coefficient (Wildman–Crippen LogP) is 4.87. The van der Waals surface area contributed by atoms with Gasteiger partial charge in [-0.15, -0.1) is 58.0 Å². The molecule has 86 valence electrons. The molecule has 2 aliphatic carbocycles. The second-order valence-corrected chi connectivity index (χ2v) is 4.42. The molecular weight excluding hydrogens is 353 g/mol. The van der Waals surface area contributed by atoms with Crippen LogP contribution in [0.3, 0.4) is 0 Å². The second kappa shape index (κ2) is 8.97. The standard InChI is InChI=1S/C5Cl5.C5H5.Fe/c6-1-2(7)4(9)5(10)3(1)8;1-2-4-5-3-1;/h;1-5H;/q;;+2. The monoisotopic (exact) mass is 356 g/mol. The van der Waals surface area contributed by atoms with Crippen LogP contribution in [-0.4, -0.2) is 0 Å². The molecule has 0 heterocycles. The Morgan fingerprint density at radius 2 is 0.562 bits per heavy atom. The van der Waals surface area contributed by atoms with Gasteiger partial charge in [-0.25, -0.2) is 0 Å². The van der Waals surface area contributed by atoms with Crippen molar-refractivity contribution in [3.8, 4) is 0 Å². The molecule has 2 aliphatic rings. The number of hydrogen-bond donors (Lipinski definition) is 0. The minimum atomic E-state index is 0. The van der Waals surface area contributed by atoms with Gasteiger partial charge in [0.2, 0.25) is 0 Å². The molecule has 0 saturated heterocycles. The molecule has 0 aromatic rings. The van der Waals surface area contributed by atoms with Crippen molar-refractivity contribution in [2.75, 3.05) is 0 Å². The smallest absolute Gasteiger partial charge is 0.113 e. The Kier molecular flexibility index (Phi) is 10.1. The summed E-state index contributed by atoms with van der Waals surface area (Å²) in [6.45, 7) is 0. The first-order chi connectivity index (χ1) is 7.05. The van der Waals surface area contributed by atoms with Crippen LogP contribution in [0.2, 0.25) is 0 Å². The Labute approximate surface area is 133 Å². The molecule has 10 radical (unpaired) electrons. The van der Waals surface area contributed by atoms with Crippen LogP contribution in [0.25, 0.3) is 0 Å². The maximum atomic E-state index is 5.57. The van der Waals surface area contributed by atoms with Crippen LogP contribution in [0, 0.1) is 59.0 Å². The summed E-state index contributed by atoms with van der Waals surface area (Å²) in [6, 6.07) is 0. The van der Waals surface area contributed by atoms with Gasteiger partial charge in [-0.2, -0.15) is 0 Å². The van der Waals surface area contributed by atoms with Crippen molar-refractivity contribution in [1.29, 1.82) is 0 Å². The normalized spacial score (nSPS) is 25.3. The van der Waals surface area contributed by atoms with Gasteiger partial charge in [-0.05, 0) is 32.1 Å². The number of hydrogen-bond acceptors (Lipinski definition) is 0. The van der Waals surface area contributed by atoms with Gasteiger partial charge in [-0.3, -0.25) is 0 Å². The molecule has 0 N–H and O–H groups in total. The van der Waals surface area contributed by atoms with Crippen molar-refractivity contribution >= 4 is 58.0 Å². The van der Waals surface area contributed by atoms with E-state index in [1.165, 1.54) is 0 Å². The molecule has 0 aromatic heterocycles. The average molecular weight is 358 g/mol. The SMILES string of the molecule is Cl[C]1[C](Cl)[C](Cl)[C](Cl)[C]1Cl.[CH]1[CH][CH][CH][CH]1.[Fe+2]. The molecule has 0 unspecified atom stereocenters. The molecule has 0 atom stereocenters. The van der Waals surface area contributed by atoms with Crippen LogP contribution in [-0.2, 0) is 17.1 Å². The Balaban J connectivity index is 0.000000318. The summed E-state index contributed by atoms with van der Waals surface area (Å²) in [6.07, 6.45) is 10.0. The van der Waals surface area contributed by atoms with Crippen LogP contribution < -0.4 is 0 Å². The van der Waals surface area contributed by atoms with Gasteiger partial charge >= 0.3 is 17.1 Å². The van der Waals surface area contributed by atoms with Gasteiger partial charge in [0.25, 0.3) is 0 Å². The van der Waals surface area contributed by atoms with Gasteiger partial charge in [0, 0.05) is 0 Å². The fraction of sp³-hybridized carbons (Fsp3) is 0. The minimum absolute atomic E-state index is 0. The maximum Gasteiger partial charge on any atom is 2.00 e. The van der Waals surface area contributed by atoms with Crippen LogP contribution in [0.1, 0.15) is 0 Å². The summed E-state index contributed by atoms with van der Waals surface area (Å²) in [4.78, 5) is 0. The third-order valence-electron chi connectivity index (χ3n) is 1.52. The summed E-state index contributed by atoms with van der Waals surface area (Å²) in [7, 11) is 0. The molecule has 0 amide bonds. The van der Waals surface area contributed by atoms with Crippen LogP contribution in [0.4, 0.5) is 0 Å². The fourth-order valence-electron chi connectivity index (χ4n) is 0.803. The maximum absolute atomic E-state index is 5.57. The van der Waals surface area contributed by atoms with Crippen molar-refractivity contribution in [1.82, 2.24) is 0 Å². The van der Waals surface area contributed by atoms with E-state index in [0.717, 1.165) is 0 Å². The summed E-state index contributed by atoms with van der Waals surface area (Å²) in [5, 5.41) is 1.03. The number of rotatable bonds is 0. The predicted molar refractivity (Wildman–Crippen MR) is 67.0 cm³/mol. The zero-order chi connectivity index (χ0) is 11.4. The van der Waals surface area contributed by atoms with Crippen molar-refractivity contribution in [3.63, 3.8) is 0 Å². The molecule has 0 aromatic carbocycles. The fourth-order valence-corrected chi connectivity index (χ4v) is 1.99. The Bertz CT molecular complexity index is 136. The van der Waals surface area contributed by atoms with Gasteiger partial charge in [0.05, 0.1) is 0 Å². The zero-order valence-corrected chi connectivity index (χ0v) is 12.5. The molecule has 0 bridgehead atoms. The first-order valence-corrected chi connectivity index (χ1v) is 5.75. The first-order valence-electron chi connectivity index (χ1n) is 3.86. The van der Waals surface area contributed by atoms with Crippen LogP contribution in [0.15, 0.2) is 0 Å². The molecule has 0 nitrogen and oxygen atoms in total. The van der Waals surface area contributed by atoms with E-state index in [0.29, 0.717) is 0 Å². The molecule has 0 spiro atoms. The van der Waals surface area contributed by atoms with E-state index in [9.17, 15) is 0 Å². The van der Waals surface area contributed by atoms with E-state index in [2.05, 4.69) is 0 Å². The molecule has 16 heavy (non-hydrogen) atoms. The van der Waals surface area contributed by atoms with Crippen LogP contribution >= 0.6 is 58.0 Å². The van der Waals surface area contributed by atoms with E-state index >= 15 is 0 Å². The molecule has 0 aliphatic heterocycles. The summed E-state index contributed by atoms with van der Waals surface area (Å²) in [5.41, 5.74) is 0. The molecule has 2 saturated carbocycles. The van der Waals surface area contributed by atoms with Crippen molar-refractivity contribution in [2.45, 2.75) is 0 Å². The summed E-state index contributed by atoms with van der Waals surface area (Å²) in [5.74, 6) is 0. The third kappa shape index (κ3) is 4.92. The topological polar surface area (TPSA) is 0 Å². The molecular formula is C10H5Cl5Fe+2. The van der Waals surface area contributed by atoms with Gasteiger partial charge in [0.15, 0.2) is 0 Å². The van der Waals surface area contributed by atoms with Crippen molar-refractivity contribution in [3.05, 3.63) is 59.0 Å². The van der Waals surface area contributed by atoms with E-state index in [1.54, 1.807) is 0 Å². The Morgan fingerprint density at radius 1 is 0.438 bits per heavy atom. The third-order valence-corrected chi connectivity index (χ3v) is 3.89. The summed E-state index contributed by atoms with van der Waals surface area (Å²) >= 11 is 27.9. The second-order valence-electron chi connectivity index (χ2n) is 2.53. The van der Waals surface area contributed by atoms with Gasteiger partial charge < -0.3 is 0 Å². The molecule has 2 rings (SSSR count). The largest absolute Gasteiger partial charge is 2.00 e. The zero-order valence-electron chi connectivity index (χ0n) is 7.63. The van der Waals surface area contributed by atoms with E-state index in [4.69, 9.17) is 58.0 Å². The first kappa shape index (κ1) is 18.0. The minimum Gasteiger partial charge on any atom is -0.113 e. The van der Waals surface area contributed by atoms with E-state index < -0.39 is 0 Å². The Morgan fingerprint density at radius 3 is 0.688 bits per heavy atom. The summed E-state index contributed by atoms with van der Waals surface area (Å²) < 4.78 is 0. The van der Waals surface area contributed by atoms with E-state index in [1.807, 2.05) is 32.1 Å². The van der Waals surface area contributed by atoms with Crippen molar-refractivity contribution < 1.29 is 17.1 Å². The van der Waals surface area contributed by atoms with Crippen molar-refractivity contribution in [2.24, 2.45) is 0 Å². The Hall–Kier alpha value is 1.97. The molecule has 2 fully saturated rings. The quantitative estimate of drug-likeness (QED) is 0.542. The number of halogens is 5. The van der Waals surface area contributed by atoms with Gasteiger partial charge in [0.1, 0.15) is 26.9 Å². The van der Waals surface area contributed by atoms with Crippen LogP contribution in [0.5, 0.6) is 0 Å². The molecule has 6 heteroatoms. The van der Waals surface area contributed by atoms with Gasteiger partial charge in [-0.1, -0.05) is 0 Å². The average Bonchev–Trinajstić information content (AvgIpc) is 2.86. The van der Waals surface area contributed by atoms with E-state index in [-0.39, 0.29) is 44.0 Å².